The maximum atomic E-state index is 12.4. The smallest absolute Gasteiger partial charge is 0.331 e. The molecule has 0 aliphatic heterocycles. The predicted octanol–water partition coefficient (Wildman–Crippen LogP) is 3.95. The highest BCUT2D eigenvalue weighted by atomic mass is 16.5. The third-order valence-electron chi connectivity index (χ3n) is 3.63. The minimum absolute atomic E-state index is 0.210. The number of ketones is 1. The summed E-state index contributed by atoms with van der Waals surface area (Å²) in [5.41, 5.74) is 3.37. The Labute approximate surface area is 142 Å². The number of ether oxygens (including phenoxy) is 1. The van der Waals surface area contributed by atoms with Crippen LogP contribution < -0.4 is 0 Å². The molecule has 0 N–H and O–H groups in total. The molecule has 4 heteroatoms. The summed E-state index contributed by atoms with van der Waals surface area (Å²) < 4.78 is 7.01. The summed E-state index contributed by atoms with van der Waals surface area (Å²) in [6.07, 6.45) is 6.39. The number of aromatic nitrogens is 1. The highest BCUT2D eigenvalue weighted by molar-refractivity contribution is 6.00. The average Bonchev–Trinajstić information content (AvgIpc) is 2.88. The molecule has 2 aromatic rings. The van der Waals surface area contributed by atoms with Gasteiger partial charge in [-0.3, -0.25) is 4.79 Å². The van der Waals surface area contributed by atoms with Gasteiger partial charge < -0.3 is 9.30 Å². The molecule has 0 saturated heterocycles. The zero-order valence-corrected chi connectivity index (χ0v) is 14.2. The summed E-state index contributed by atoms with van der Waals surface area (Å²) in [6, 6.07) is 11.7. The van der Waals surface area contributed by atoms with E-state index in [0.29, 0.717) is 5.56 Å². The van der Waals surface area contributed by atoms with Gasteiger partial charge in [-0.15, -0.1) is 0 Å². The molecule has 2 rings (SSSR count). The molecule has 0 atom stereocenters. The van der Waals surface area contributed by atoms with Gasteiger partial charge in [-0.05, 0) is 39.0 Å². The number of hydrogen-bond donors (Lipinski definition) is 0. The van der Waals surface area contributed by atoms with Crippen LogP contribution in [0.15, 0.2) is 60.7 Å². The molecule has 124 valence electrons. The monoisotopic (exact) mass is 323 g/mol. The first kappa shape index (κ1) is 17.5. The van der Waals surface area contributed by atoms with Crippen LogP contribution in [0.1, 0.15) is 28.7 Å². The van der Waals surface area contributed by atoms with Crippen molar-refractivity contribution >= 4 is 11.8 Å². The molecule has 0 amide bonds. The number of hydrogen-bond acceptors (Lipinski definition) is 3. The molecule has 0 aliphatic carbocycles. The Kier molecular flexibility index (Phi) is 5.90. The fourth-order valence-electron chi connectivity index (χ4n) is 2.53. The van der Waals surface area contributed by atoms with Crippen molar-refractivity contribution in [3.8, 4) is 5.69 Å². The summed E-state index contributed by atoms with van der Waals surface area (Å²) in [7, 11) is 0. The lowest BCUT2D eigenvalue weighted by Crippen LogP contribution is -2.13. The third kappa shape index (κ3) is 4.10. The Balaban J connectivity index is 2.13. The van der Waals surface area contributed by atoms with E-state index in [4.69, 9.17) is 4.74 Å². The quantitative estimate of drug-likeness (QED) is 0.350. The van der Waals surface area contributed by atoms with Gasteiger partial charge in [0.15, 0.2) is 6.61 Å². The molecule has 1 heterocycles. The molecule has 0 spiro atoms. The Bertz CT molecular complexity index is 783. The molecule has 0 saturated carbocycles. The van der Waals surface area contributed by atoms with Crippen molar-refractivity contribution in [3.05, 3.63) is 77.7 Å². The van der Waals surface area contributed by atoms with Crippen LogP contribution in [-0.4, -0.2) is 22.9 Å². The number of aryl methyl sites for hydroxylation is 1. The minimum atomic E-state index is -0.529. The van der Waals surface area contributed by atoms with E-state index < -0.39 is 5.97 Å². The normalized spacial score (nSPS) is 11.3. The number of nitrogens with zero attached hydrogens (tertiary/aromatic N) is 1. The minimum Gasteiger partial charge on any atom is -0.454 e. The summed E-state index contributed by atoms with van der Waals surface area (Å²) >= 11 is 0. The summed E-state index contributed by atoms with van der Waals surface area (Å²) in [5.74, 6) is -0.739. The topological polar surface area (TPSA) is 48.3 Å². The molecule has 0 fully saturated rings. The Morgan fingerprint density at radius 1 is 1.12 bits per heavy atom. The lowest BCUT2D eigenvalue weighted by molar-refractivity contribution is -0.136. The van der Waals surface area contributed by atoms with Gasteiger partial charge in [0.05, 0.1) is 0 Å². The summed E-state index contributed by atoms with van der Waals surface area (Å²) in [6.45, 7) is 5.42. The van der Waals surface area contributed by atoms with Gasteiger partial charge >= 0.3 is 5.97 Å². The van der Waals surface area contributed by atoms with Crippen molar-refractivity contribution in [1.29, 1.82) is 0 Å². The van der Waals surface area contributed by atoms with Crippen molar-refractivity contribution in [2.24, 2.45) is 0 Å². The predicted molar refractivity (Wildman–Crippen MR) is 94.5 cm³/mol. The number of allylic oxidation sites excluding steroid dienone is 3. The van der Waals surface area contributed by atoms with E-state index in [1.807, 2.05) is 61.7 Å². The van der Waals surface area contributed by atoms with E-state index >= 15 is 0 Å². The van der Waals surface area contributed by atoms with E-state index in [9.17, 15) is 9.59 Å². The Hall–Kier alpha value is -2.88. The second-order valence-corrected chi connectivity index (χ2v) is 5.37. The van der Waals surface area contributed by atoms with Crippen LogP contribution >= 0.6 is 0 Å². The molecule has 0 aliphatic rings. The van der Waals surface area contributed by atoms with Crippen molar-refractivity contribution in [2.45, 2.75) is 20.8 Å². The standard InChI is InChI=1S/C20H21NO3/c1-4-5-7-12-20(23)24-14-19(22)18-13-15(2)21(16(18)3)17-10-8-6-9-11-17/h4-13H,14H2,1-3H3. The van der Waals surface area contributed by atoms with Crippen LogP contribution in [0.2, 0.25) is 0 Å². The molecule has 1 aromatic carbocycles. The maximum absolute atomic E-state index is 12.4. The van der Waals surface area contributed by atoms with Crippen molar-refractivity contribution in [3.63, 3.8) is 0 Å². The van der Waals surface area contributed by atoms with Gasteiger partial charge in [-0.25, -0.2) is 4.79 Å². The van der Waals surface area contributed by atoms with Crippen LogP contribution in [0.3, 0.4) is 0 Å². The van der Waals surface area contributed by atoms with E-state index in [0.717, 1.165) is 17.1 Å². The number of rotatable bonds is 6. The van der Waals surface area contributed by atoms with Gasteiger partial charge in [0.25, 0.3) is 0 Å². The first-order valence-electron chi connectivity index (χ1n) is 7.78. The zero-order chi connectivity index (χ0) is 17.5. The van der Waals surface area contributed by atoms with Gasteiger partial charge in [-0.2, -0.15) is 0 Å². The average molecular weight is 323 g/mol. The maximum Gasteiger partial charge on any atom is 0.331 e. The van der Waals surface area contributed by atoms with Crippen LogP contribution in [0.4, 0.5) is 0 Å². The van der Waals surface area contributed by atoms with Crippen molar-refractivity contribution in [2.75, 3.05) is 6.61 Å². The van der Waals surface area contributed by atoms with Crippen LogP contribution in [0.25, 0.3) is 5.69 Å². The highest BCUT2D eigenvalue weighted by Crippen LogP contribution is 2.21. The molecule has 0 bridgehead atoms. The highest BCUT2D eigenvalue weighted by Gasteiger charge is 2.17. The Morgan fingerprint density at radius 2 is 1.83 bits per heavy atom. The number of para-hydroxylation sites is 1. The Morgan fingerprint density at radius 3 is 2.50 bits per heavy atom. The number of esters is 1. The number of carbonyl (C=O) groups is 2. The second kappa shape index (κ2) is 8.11. The van der Waals surface area contributed by atoms with Gasteiger partial charge in [0.1, 0.15) is 0 Å². The number of benzene rings is 1. The van der Waals surface area contributed by atoms with E-state index in [-0.39, 0.29) is 12.4 Å². The van der Waals surface area contributed by atoms with Crippen LogP contribution in [-0.2, 0) is 9.53 Å². The molecule has 4 nitrogen and oxygen atoms in total. The van der Waals surface area contributed by atoms with Crippen molar-refractivity contribution in [1.82, 2.24) is 4.57 Å². The largest absolute Gasteiger partial charge is 0.454 e. The molecule has 0 radical (unpaired) electrons. The SMILES string of the molecule is CC=CC=CC(=O)OCC(=O)c1cc(C)n(-c2ccccc2)c1C. The third-order valence-corrected chi connectivity index (χ3v) is 3.63. The lowest BCUT2D eigenvalue weighted by atomic mass is 10.1. The lowest BCUT2D eigenvalue weighted by Gasteiger charge is -2.09. The fraction of sp³-hybridized carbons (Fsp3) is 0.200. The summed E-state index contributed by atoms with van der Waals surface area (Å²) in [5, 5.41) is 0. The van der Waals surface area contributed by atoms with E-state index in [1.54, 1.807) is 18.2 Å². The molecule has 0 unspecified atom stereocenters. The van der Waals surface area contributed by atoms with Crippen LogP contribution in [0, 0.1) is 13.8 Å². The first-order chi connectivity index (χ1) is 11.5. The van der Waals surface area contributed by atoms with Gasteiger partial charge in [-0.1, -0.05) is 36.4 Å². The van der Waals surface area contributed by atoms with Crippen LogP contribution in [0.5, 0.6) is 0 Å². The zero-order valence-electron chi connectivity index (χ0n) is 14.2. The van der Waals surface area contributed by atoms with Gasteiger partial charge in [0, 0.05) is 28.7 Å². The summed E-state index contributed by atoms with van der Waals surface area (Å²) in [4.78, 5) is 23.9. The van der Waals surface area contributed by atoms with E-state index in [1.165, 1.54) is 6.08 Å². The molecular weight excluding hydrogens is 302 g/mol. The second-order valence-electron chi connectivity index (χ2n) is 5.37. The van der Waals surface area contributed by atoms with Crippen molar-refractivity contribution < 1.29 is 14.3 Å². The van der Waals surface area contributed by atoms with E-state index in [2.05, 4.69) is 0 Å². The molecule has 24 heavy (non-hydrogen) atoms. The molecular formula is C20H21NO3. The molecule has 1 aromatic heterocycles. The number of Topliss-reactive ketones (excluding diaryl/α,β-unsaturated/α-hetero) is 1. The fourth-order valence-corrected chi connectivity index (χ4v) is 2.53. The van der Waals surface area contributed by atoms with Gasteiger partial charge in [0.2, 0.25) is 5.78 Å². The first-order valence-corrected chi connectivity index (χ1v) is 7.78. The number of carbonyl (C=O) groups excluding carboxylic acids is 2.